The molecule has 0 bridgehead atoms. The predicted molar refractivity (Wildman–Crippen MR) is 116 cm³/mol. The molecule has 0 fully saturated rings. The summed E-state index contributed by atoms with van der Waals surface area (Å²) in [6, 6.07) is 17.2. The van der Waals surface area contributed by atoms with Gasteiger partial charge in [0.1, 0.15) is 18.0 Å². The summed E-state index contributed by atoms with van der Waals surface area (Å²) in [5.74, 6) is 1.56. The van der Waals surface area contributed by atoms with Crippen LogP contribution >= 0.6 is 0 Å². The molecule has 0 saturated carbocycles. The van der Waals surface area contributed by atoms with Gasteiger partial charge in [0.05, 0.1) is 12.3 Å². The van der Waals surface area contributed by atoms with Crippen molar-refractivity contribution in [3.63, 3.8) is 0 Å². The van der Waals surface area contributed by atoms with Gasteiger partial charge in [0.15, 0.2) is 0 Å². The Morgan fingerprint density at radius 2 is 1.90 bits per heavy atom. The second-order valence-corrected chi connectivity index (χ2v) is 7.25. The SMILES string of the molecule is CCOc1ccccc1NC(=O)Cn1c(-c2nnc(C(C)C)o2)cc2ccccc21. The van der Waals surface area contributed by atoms with Gasteiger partial charge >= 0.3 is 0 Å². The zero-order valence-electron chi connectivity index (χ0n) is 17.3. The van der Waals surface area contributed by atoms with Crippen molar-refractivity contribution >= 4 is 22.5 Å². The molecule has 30 heavy (non-hydrogen) atoms. The number of amides is 1. The highest BCUT2D eigenvalue weighted by Gasteiger charge is 2.19. The van der Waals surface area contributed by atoms with Crippen LogP contribution in [0.15, 0.2) is 59.0 Å². The highest BCUT2D eigenvalue weighted by Crippen LogP contribution is 2.29. The Morgan fingerprint density at radius 3 is 2.67 bits per heavy atom. The fraction of sp³-hybridized carbons (Fsp3) is 0.261. The maximum Gasteiger partial charge on any atom is 0.264 e. The van der Waals surface area contributed by atoms with Crippen molar-refractivity contribution < 1.29 is 13.9 Å². The molecule has 7 heteroatoms. The van der Waals surface area contributed by atoms with Crippen LogP contribution in [0.1, 0.15) is 32.6 Å². The lowest BCUT2D eigenvalue weighted by molar-refractivity contribution is -0.116. The highest BCUT2D eigenvalue weighted by molar-refractivity contribution is 5.94. The Kier molecular flexibility index (Phi) is 5.52. The van der Waals surface area contributed by atoms with Crippen LogP contribution in [0.5, 0.6) is 5.75 Å². The molecule has 0 aliphatic heterocycles. The molecule has 0 atom stereocenters. The van der Waals surface area contributed by atoms with Crippen molar-refractivity contribution in [1.29, 1.82) is 0 Å². The van der Waals surface area contributed by atoms with Crippen molar-refractivity contribution in [3.05, 3.63) is 60.5 Å². The second kappa shape index (κ2) is 8.41. The molecule has 1 amide bonds. The number of hydrogen-bond donors (Lipinski definition) is 1. The van der Waals surface area contributed by atoms with Gasteiger partial charge in [-0.25, -0.2) is 0 Å². The normalized spacial score (nSPS) is 11.2. The maximum atomic E-state index is 12.9. The minimum Gasteiger partial charge on any atom is -0.492 e. The number of benzene rings is 2. The van der Waals surface area contributed by atoms with Crippen LogP contribution in [0.2, 0.25) is 0 Å². The van der Waals surface area contributed by atoms with Gasteiger partial charge in [-0.15, -0.1) is 10.2 Å². The monoisotopic (exact) mass is 404 g/mol. The maximum absolute atomic E-state index is 12.9. The number of rotatable bonds is 7. The molecular weight excluding hydrogens is 380 g/mol. The van der Waals surface area contributed by atoms with Gasteiger partial charge in [-0.3, -0.25) is 4.79 Å². The number of carbonyl (C=O) groups is 1. The number of ether oxygens (including phenoxy) is 1. The van der Waals surface area contributed by atoms with E-state index in [1.807, 2.05) is 79.9 Å². The molecule has 1 N–H and O–H groups in total. The standard InChI is InChI=1S/C23H24N4O3/c1-4-29-20-12-8-6-10-17(20)24-21(28)14-27-18-11-7-5-9-16(18)13-19(27)23-26-25-22(30-23)15(2)3/h5-13,15H,4,14H2,1-3H3,(H,24,28). The molecule has 4 rings (SSSR count). The van der Waals surface area contributed by atoms with Crippen LogP contribution in [0.4, 0.5) is 5.69 Å². The summed E-state index contributed by atoms with van der Waals surface area (Å²) in [6.45, 7) is 6.52. The lowest BCUT2D eigenvalue weighted by Crippen LogP contribution is -2.19. The largest absolute Gasteiger partial charge is 0.492 e. The van der Waals surface area contributed by atoms with Crippen molar-refractivity contribution in [2.45, 2.75) is 33.2 Å². The van der Waals surface area contributed by atoms with E-state index < -0.39 is 0 Å². The first-order valence-corrected chi connectivity index (χ1v) is 10.0. The van der Waals surface area contributed by atoms with E-state index in [9.17, 15) is 4.79 Å². The summed E-state index contributed by atoms with van der Waals surface area (Å²) in [6.07, 6.45) is 0. The number of nitrogens with zero attached hydrogens (tertiary/aromatic N) is 3. The van der Waals surface area contributed by atoms with E-state index in [4.69, 9.17) is 9.15 Å². The van der Waals surface area contributed by atoms with E-state index >= 15 is 0 Å². The van der Waals surface area contributed by atoms with Gasteiger partial charge in [0.2, 0.25) is 11.8 Å². The summed E-state index contributed by atoms with van der Waals surface area (Å²) in [5.41, 5.74) is 2.27. The molecule has 2 aromatic heterocycles. The van der Waals surface area contributed by atoms with E-state index in [0.717, 1.165) is 10.9 Å². The molecule has 0 aliphatic carbocycles. The zero-order chi connectivity index (χ0) is 21.1. The van der Waals surface area contributed by atoms with Crippen LogP contribution in [0.25, 0.3) is 22.5 Å². The van der Waals surface area contributed by atoms with Gasteiger partial charge in [0.25, 0.3) is 5.89 Å². The van der Waals surface area contributed by atoms with E-state index in [2.05, 4.69) is 15.5 Å². The van der Waals surface area contributed by atoms with Crippen LogP contribution in [-0.2, 0) is 11.3 Å². The number of para-hydroxylation sites is 3. The molecule has 0 unspecified atom stereocenters. The summed E-state index contributed by atoms with van der Waals surface area (Å²) >= 11 is 0. The van der Waals surface area contributed by atoms with Crippen molar-refractivity contribution in [3.8, 4) is 17.3 Å². The lowest BCUT2D eigenvalue weighted by atomic mass is 10.2. The molecule has 154 valence electrons. The average molecular weight is 404 g/mol. The molecule has 0 aliphatic rings. The molecule has 0 saturated heterocycles. The topological polar surface area (TPSA) is 82.2 Å². The summed E-state index contributed by atoms with van der Waals surface area (Å²) in [5, 5.41) is 12.3. The molecule has 2 heterocycles. The summed E-state index contributed by atoms with van der Waals surface area (Å²) < 4.78 is 13.4. The van der Waals surface area contributed by atoms with E-state index in [1.54, 1.807) is 0 Å². The van der Waals surface area contributed by atoms with Crippen molar-refractivity contribution in [2.75, 3.05) is 11.9 Å². The van der Waals surface area contributed by atoms with E-state index in [1.165, 1.54) is 0 Å². The van der Waals surface area contributed by atoms with Crippen LogP contribution in [-0.4, -0.2) is 27.3 Å². The molecular formula is C23H24N4O3. The zero-order valence-corrected chi connectivity index (χ0v) is 17.3. The first kappa shape index (κ1) is 19.7. The second-order valence-electron chi connectivity index (χ2n) is 7.25. The lowest BCUT2D eigenvalue weighted by Gasteiger charge is -2.13. The van der Waals surface area contributed by atoms with Gasteiger partial charge < -0.3 is 19.0 Å². The van der Waals surface area contributed by atoms with E-state index in [0.29, 0.717) is 35.5 Å². The molecule has 0 radical (unpaired) electrons. The van der Waals surface area contributed by atoms with Gasteiger partial charge in [0, 0.05) is 16.8 Å². The van der Waals surface area contributed by atoms with E-state index in [-0.39, 0.29) is 18.4 Å². The Labute approximate surface area is 174 Å². The van der Waals surface area contributed by atoms with Crippen LogP contribution in [0.3, 0.4) is 0 Å². The average Bonchev–Trinajstić information content (AvgIpc) is 3.35. The fourth-order valence-corrected chi connectivity index (χ4v) is 3.31. The predicted octanol–water partition coefficient (Wildman–Crippen LogP) is 4.85. The van der Waals surface area contributed by atoms with Gasteiger partial charge in [-0.2, -0.15) is 0 Å². The van der Waals surface area contributed by atoms with Crippen LogP contribution < -0.4 is 10.1 Å². The Hall–Kier alpha value is -3.61. The first-order valence-electron chi connectivity index (χ1n) is 10.0. The first-order chi connectivity index (χ1) is 14.6. The quantitative estimate of drug-likeness (QED) is 0.476. The Morgan fingerprint density at radius 1 is 1.13 bits per heavy atom. The number of fused-ring (bicyclic) bond motifs is 1. The number of hydrogen-bond acceptors (Lipinski definition) is 5. The molecule has 2 aromatic carbocycles. The third kappa shape index (κ3) is 3.91. The van der Waals surface area contributed by atoms with Crippen molar-refractivity contribution in [1.82, 2.24) is 14.8 Å². The minimum absolute atomic E-state index is 0.0999. The number of carbonyl (C=O) groups excluding carboxylic acids is 1. The number of aromatic nitrogens is 3. The third-order valence-electron chi connectivity index (χ3n) is 4.73. The number of anilines is 1. The Bertz CT molecular complexity index is 1180. The molecule has 7 nitrogen and oxygen atoms in total. The minimum atomic E-state index is -0.173. The van der Waals surface area contributed by atoms with Crippen molar-refractivity contribution in [2.24, 2.45) is 0 Å². The summed E-state index contributed by atoms with van der Waals surface area (Å²) in [7, 11) is 0. The molecule has 0 spiro atoms. The molecule has 4 aromatic rings. The van der Waals surface area contributed by atoms with Gasteiger partial charge in [-0.05, 0) is 31.2 Å². The Balaban J connectivity index is 1.67. The smallest absolute Gasteiger partial charge is 0.264 e. The van der Waals surface area contributed by atoms with Crippen LogP contribution in [0, 0.1) is 0 Å². The highest BCUT2D eigenvalue weighted by atomic mass is 16.5. The van der Waals surface area contributed by atoms with Gasteiger partial charge in [-0.1, -0.05) is 44.2 Å². The number of nitrogens with one attached hydrogen (secondary N) is 1. The third-order valence-corrected chi connectivity index (χ3v) is 4.73. The fourth-order valence-electron chi connectivity index (χ4n) is 3.31. The summed E-state index contributed by atoms with van der Waals surface area (Å²) in [4.78, 5) is 12.9.